The first-order chi connectivity index (χ1) is 10.0. The van der Waals surface area contributed by atoms with Crippen LogP contribution in [0.15, 0.2) is 47.6 Å². The minimum absolute atomic E-state index is 0.339. The van der Waals surface area contributed by atoms with Gasteiger partial charge in [0.05, 0.1) is 7.11 Å². The van der Waals surface area contributed by atoms with Crippen LogP contribution < -0.4 is 0 Å². The average Bonchev–Trinajstić information content (AvgIpc) is 2.45. The summed E-state index contributed by atoms with van der Waals surface area (Å²) >= 11 is 0. The summed E-state index contributed by atoms with van der Waals surface area (Å²) in [6.07, 6.45) is 9.81. The highest BCUT2D eigenvalue weighted by atomic mass is 16.5. The number of hydrogen-bond donors (Lipinski definition) is 0. The molecule has 2 heteroatoms. The molecule has 0 amide bonds. The predicted molar refractivity (Wildman–Crippen MR) is 89.8 cm³/mol. The maximum Gasteiger partial charge on any atom is 0.330 e. The highest BCUT2D eigenvalue weighted by Crippen LogP contribution is 2.14. The summed E-state index contributed by atoms with van der Waals surface area (Å²) < 4.78 is 4.56. The van der Waals surface area contributed by atoms with Crippen LogP contribution in [0.3, 0.4) is 0 Å². The lowest BCUT2D eigenvalue weighted by Gasteiger charge is -2.01. The molecule has 0 saturated heterocycles. The number of carbonyl (C=O) groups excluding carboxylic acids is 1. The minimum atomic E-state index is -0.339. The van der Waals surface area contributed by atoms with Gasteiger partial charge in [0.2, 0.25) is 0 Å². The minimum Gasteiger partial charge on any atom is -0.466 e. The van der Waals surface area contributed by atoms with E-state index >= 15 is 0 Å². The lowest BCUT2D eigenvalue weighted by atomic mass is 10.1. The molecule has 0 fully saturated rings. The molecule has 0 radical (unpaired) electrons. The Kier molecular flexibility index (Phi) is 7.24. The van der Waals surface area contributed by atoms with Crippen molar-refractivity contribution in [3.8, 4) is 0 Å². The fourth-order valence-corrected chi connectivity index (χ4v) is 1.88. The van der Waals surface area contributed by atoms with Crippen LogP contribution in [0.2, 0.25) is 0 Å². The van der Waals surface area contributed by atoms with Crippen molar-refractivity contribution < 1.29 is 9.53 Å². The Hall–Kier alpha value is -2.09. The summed E-state index contributed by atoms with van der Waals surface area (Å²) in [6.45, 7) is 6.41. The van der Waals surface area contributed by atoms with E-state index in [4.69, 9.17) is 0 Å². The van der Waals surface area contributed by atoms with E-state index in [9.17, 15) is 4.79 Å². The number of methoxy groups -OCH3 is 1. The number of rotatable bonds is 6. The molecule has 112 valence electrons. The summed E-state index contributed by atoms with van der Waals surface area (Å²) in [5.74, 6) is -0.339. The van der Waals surface area contributed by atoms with Crippen molar-refractivity contribution in [1.29, 1.82) is 0 Å². The van der Waals surface area contributed by atoms with E-state index in [1.807, 2.05) is 12.1 Å². The third kappa shape index (κ3) is 7.31. The molecule has 21 heavy (non-hydrogen) atoms. The van der Waals surface area contributed by atoms with Gasteiger partial charge >= 0.3 is 5.97 Å². The maximum atomic E-state index is 11.0. The van der Waals surface area contributed by atoms with Gasteiger partial charge in [0.1, 0.15) is 0 Å². The van der Waals surface area contributed by atoms with Gasteiger partial charge < -0.3 is 4.74 Å². The largest absolute Gasteiger partial charge is 0.466 e. The molecule has 2 nitrogen and oxygen atoms in total. The Morgan fingerprint density at radius 1 is 1.10 bits per heavy atom. The second-order valence-electron chi connectivity index (χ2n) is 5.33. The smallest absolute Gasteiger partial charge is 0.330 e. The summed E-state index contributed by atoms with van der Waals surface area (Å²) in [6, 6.07) is 8.10. The number of allylic oxidation sites excluding steroid dienone is 3. The molecule has 0 N–H and O–H groups in total. The summed E-state index contributed by atoms with van der Waals surface area (Å²) in [5.41, 5.74) is 4.90. The van der Waals surface area contributed by atoms with Gasteiger partial charge in [-0.2, -0.15) is 0 Å². The molecule has 0 unspecified atom stereocenters. The van der Waals surface area contributed by atoms with E-state index in [-0.39, 0.29) is 5.97 Å². The van der Waals surface area contributed by atoms with Crippen molar-refractivity contribution in [2.24, 2.45) is 0 Å². The van der Waals surface area contributed by atoms with E-state index in [2.05, 4.69) is 49.8 Å². The first kappa shape index (κ1) is 17.0. The zero-order chi connectivity index (χ0) is 15.7. The van der Waals surface area contributed by atoms with E-state index in [1.54, 1.807) is 6.08 Å². The fraction of sp³-hybridized carbons (Fsp3) is 0.316. The van der Waals surface area contributed by atoms with Crippen molar-refractivity contribution in [2.75, 3.05) is 7.11 Å². The highest BCUT2D eigenvalue weighted by Gasteiger charge is 1.94. The van der Waals surface area contributed by atoms with E-state index in [0.717, 1.165) is 18.4 Å². The van der Waals surface area contributed by atoms with Crippen LogP contribution in [0, 0.1) is 0 Å². The maximum absolute atomic E-state index is 11.0. The molecule has 0 bridgehead atoms. The van der Waals surface area contributed by atoms with Crippen molar-refractivity contribution in [3.63, 3.8) is 0 Å². The fourth-order valence-electron chi connectivity index (χ4n) is 1.88. The monoisotopic (exact) mass is 284 g/mol. The summed E-state index contributed by atoms with van der Waals surface area (Å²) in [7, 11) is 1.37. The highest BCUT2D eigenvalue weighted by molar-refractivity contribution is 5.86. The van der Waals surface area contributed by atoms with Crippen LogP contribution in [0.1, 0.15) is 44.7 Å². The van der Waals surface area contributed by atoms with Crippen molar-refractivity contribution in [3.05, 3.63) is 58.7 Å². The number of carbonyl (C=O) groups is 1. The lowest BCUT2D eigenvalue weighted by molar-refractivity contribution is -0.134. The zero-order valence-corrected chi connectivity index (χ0v) is 13.3. The van der Waals surface area contributed by atoms with Gasteiger partial charge in [-0.05, 0) is 50.8 Å². The molecule has 1 aromatic carbocycles. The Bertz CT molecular complexity index is 541. The third-order valence-corrected chi connectivity index (χ3v) is 3.05. The normalized spacial score (nSPS) is 11.5. The van der Waals surface area contributed by atoms with Gasteiger partial charge in [-0.3, -0.25) is 0 Å². The average molecular weight is 284 g/mol. The number of benzene rings is 1. The van der Waals surface area contributed by atoms with Crippen LogP contribution >= 0.6 is 0 Å². The molecule has 0 spiro atoms. The van der Waals surface area contributed by atoms with E-state index in [1.165, 1.54) is 29.9 Å². The number of ether oxygens (including phenoxy) is 1. The van der Waals surface area contributed by atoms with Crippen LogP contribution in [0.25, 0.3) is 12.2 Å². The Morgan fingerprint density at radius 3 is 2.29 bits per heavy atom. The Morgan fingerprint density at radius 2 is 1.71 bits per heavy atom. The van der Waals surface area contributed by atoms with E-state index < -0.39 is 0 Å². The Labute approximate surface area is 127 Å². The molecule has 0 aliphatic rings. The third-order valence-electron chi connectivity index (χ3n) is 3.05. The van der Waals surface area contributed by atoms with Crippen LogP contribution in [-0.2, 0) is 9.53 Å². The number of esters is 1. The SMILES string of the molecule is COC(=O)/C=C/c1ccc(/C=C(\C)CCC=C(C)C)cc1. The lowest BCUT2D eigenvalue weighted by Crippen LogP contribution is -1.93. The molecule has 1 aromatic rings. The van der Waals surface area contributed by atoms with Crippen LogP contribution in [0.5, 0.6) is 0 Å². The van der Waals surface area contributed by atoms with Gasteiger partial charge in [0.15, 0.2) is 0 Å². The first-order valence-electron chi connectivity index (χ1n) is 7.18. The first-order valence-corrected chi connectivity index (χ1v) is 7.18. The van der Waals surface area contributed by atoms with E-state index in [0.29, 0.717) is 0 Å². The topological polar surface area (TPSA) is 26.3 Å². The van der Waals surface area contributed by atoms with Crippen molar-refractivity contribution in [2.45, 2.75) is 33.6 Å². The second kappa shape index (κ2) is 8.96. The molecule has 0 saturated carbocycles. The molecule has 1 rings (SSSR count). The van der Waals surface area contributed by atoms with Gasteiger partial charge in [-0.25, -0.2) is 4.79 Å². The van der Waals surface area contributed by atoms with Gasteiger partial charge in [0.25, 0.3) is 0 Å². The Balaban J connectivity index is 2.63. The molecule has 0 aromatic heterocycles. The van der Waals surface area contributed by atoms with Crippen LogP contribution in [-0.4, -0.2) is 13.1 Å². The zero-order valence-electron chi connectivity index (χ0n) is 13.3. The van der Waals surface area contributed by atoms with Gasteiger partial charge in [-0.15, -0.1) is 0 Å². The standard InChI is InChI=1S/C19H24O2/c1-15(2)6-5-7-16(3)14-18-10-8-17(9-11-18)12-13-19(20)21-4/h6,8-14H,5,7H2,1-4H3/b13-12+,16-14+. The van der Waals surface area contributed by atoms with Gasteiger partial charge in [-0.1, -0.05) is 47.6 Å². The quantitative estimate of drug-likeness (QED) is 0.416. The molecule has 0 aliphatic carbocycles. The molecule has 0 atom stereocenters. The molecular weight excluding hydrogens is 260 g/mol. The molecular formula is C19H24O2. The summed E-state index contributed by atoms with van der Waals surface area (Å²) in [4.78, 5) is 11.0. The van der Waals surface area contributed by atoms with Crippen LogP contribution in [0.4, 0.5) is 0 Å². The van der Waals surface area contributed by atoms with Crippen molar-refractivity contribution in [1.82, 2.24) is 0 Å². The van der Waals surface area contributed by atoms with Gasteiger partial charge in [0, 0.05) is 6.08 Å². The van der Waals surface area contributed by atoms with Crippen molar-refractivity contribution >= 4 is 18.1 Å². The molecule has 0 heterocycles. The summed E-state index contributed by atoms with van der Waals surface area (Å²) in [5, 5.41) is 0. The second-order valence-corrected chi connectivity index (χ2v) is 5.33. The predicted octanol–water partition coefficient (Wildman–Crippen LogP) is 5.02. The number of hydrogen-bond acceptors (Lipinski definition) is 2. The molecule has 0 aliphatic heterocycles.